The zero-order chi connectivity index (χ0) is 32.8. The van der Waals surface area contributed by atoms with Gasteiger partial charge in [0.05, 0.1) is 37.1 Å². The molecule has 2 fully saturated rings. The number of carboxylic acid groups (broad SMARTS) is 1. The van der Waals surface area contributed by atoms with Gasteiger partial charge in [-0.2, -0.15) is 0 Å². The zero-order valence-electron chi connectivity index (χ0n) is 25.8. The molecule has 12 heteroatoms. The number of nitrogens with one attached hydrogen (secondary N) is 2. The van der Waals surface area contributed by atoms with Crippen LogP contribution in [0.5, 0.6) is 0 Å². The summed E-state index contributed by atoms with van der Waals surface area (Å²) < 4.78 is 18.9. The number of carbonyl (C=O) groups is 4. The molecule has 0 saturated carbocycles. The summed E-state index contributed by atoms with van der Waals surface area (Å²) in [6.45, 7) is 7.07. The Bertz CT molecular complexity index is 1560. The van der Waals surface area contributed by atoms with Gasteiger partial charge in [-0.15, -0.1) is 0 Å². The van der Waals surface area contributed by atoms with Crippen molar-refractivity contribution in [3.63, 3.8) is 0 Å². The van der Waals surface area contributed by atoms with Crippen LogP contribution < -0.4 is 15.5 Å². The number of halogens is 1. The average Bonchev–Trinajstić information content (AvgIpc) is 3.06. The molecular formula is C34H38FN5O6. The van der Waals surface area contributed by atoms with Gasteiger partial charge in [0.2, 0.25) is 0 Å². The van der Waals surface area contributed by atoms with Crippen molar-refractivity contribution in [3.8, 4) is 0 Å². The van der Waals surface area contributed by atoms with E-state index in [1.54, 1.807) is 42.5 Å². The second-order valence-corrected chi connectivity index (χ2v) is 11.6. The fourth-order valence-electron chi connectivity index (χ4n) is 5.84. The number of nitrogens with zero attached hydrogens (tertiary/aromatic N) is 3. The lowest BCUT2D eigenvalue weighted by molar-refractivity contribution is -0.137. The summed E-state index contributed by atoms with van der Waals surface area (Å²) in [5.41, 5.74) is 2.15. The number of urea groups is 1. The van der Waals surface area contributed by atoms with Gasteiger partial charge in [0.15, 0.2) is 0 Å². The summed E-state index contributed by atoms with van der Waals surface area (Å²) in [4.78, 5) is 57.5. The monoisotopic (exact) mass is 631 g/mol. The Balaban J connectivity index is 1.42. The number of piperazine rings is 1. The highest BCUT2D eigenvalue weighted by molar-refractivity contribution is 6.07. The third-order valence-corrected chi connectivity index (χ3v) is 8.32. The Morgan fingerprint density at radius 2 is 1.59 bits per heavy atom. The van der Waals surface area contributed by atoms with E-state index in [0.29, 0.717) is 61.9 Å². The third-order valence-electron chi connectivity index (χ3n) is 8.32. The number of hydrogen-bond acceptors (Lipinski definition) is 6. The molecule has 2 aliphatic heterocycles. The minimum Gasteiger partial charge on any atom is -0.481 e. The molecule has 3 aromatic carbocycles. The summed E-state index contributed by atoms with van der Waals surface area (Å²) in [6.07, 6.45) is -0.407. The van der Waals surface area contributed by atoms with Gasteiger partial charge in [-0.1, -0.05) is 30.3 Å². The summed E-state index contributed by atoms with van der Waals surface area (Å²) in [5, 5.41) is 15.2. The molecule has 0 bridgehead atoms. The number of benzene rings is 3. The summed E-state index contributed by atoms with van der Waals surface area (Å²) in [5.74, 6) is -2.53. The van der Waals surface area contributed by atoms with E-state index in [2.05, 4.69) is 15.5 Å². The highest BCUT2D eigenvalue weighted by Crippen LogP contribution is 2.33. The fourth-order valence-corrected chi connectivity index (χ4v) is 5.84. The van der Waals surface area contributed by atoms with E-state index < -0.39 is 30.2 Å². The lowest BCUT2D eigenvalue weighted by Gasteiger charge is -2.47. The molecular weight excluding hydrogens is 593 g/mol. The van der Waals surface area contributed by atoms with Gasteiger partial charge in [0, 0.05) is 49.4 Å². The van der Waals surface area contributed by atoms with Crippen LogP contribution in [0.3, 0.4) is 0 Å². The first-order valence-corrected chi connectivity index (χ1v) is 15.3. The SMILES string of the molecule is CC1CN(c2ccc(C(=O)NC(CC(=O)O)c3ccc(F)cc3)cc2NC(=O)c2ccccc2)C(C)CN1C(=O)N1CCOCC1. The predicted octanol–water partition coefficient (Wildman–Crippen LogP) is 4.38. The van der Waals surface area contributed by atoms with Gasteiger partial charge >= 0.3 is 12.0 Å². The number of anilines is 2. The van der Waals surface area contributed by atoms with Crippen molar-refractivity contribution in [2.45, 2.75) is 38.4 Å². The third kappa shape index (κ3) is 7.63. The van der Waals surface area contributed by atoms with Crippen LogP contribution in [-0.2, 0) is 9.53 Å². The van der Waals surface area contributed by atoms with Crippen molar-refractivity contribution >= 4 is 35.2 Å². The maximum absolute atomic E-state index is 13.5. The van der Waals surface area contributed by atoms with Crippen LogP contribution in [0.1, 0.15) is 52.6 Å². The number of carbonyl (C=O) groups excluding carboxylic acids is 3. The molecule has 2 heterocycles. The highest BCUT2D eigenvalue weighted by Gasteiger charge is 2.36. The quantitative estimate of drug-likeness (QED) is 0.337. The van der Waals surface area contributed by atoms with Crippen LogP contribution in [0, 0.1) is 5.82 Å². The highest BCUT2D eigenvalue weighted by atomic mass is 19.1. The second kappa shape index (κ2) is 14.4. The first kappa shape index (κ1) is 32.4. The standard InChI is InChI=1S/C34H38FN5O6/c1-22-21-40(34(45)38-14-16-46-17-15-38)23(2)20-39(22)30-13-10-26(18-29(30)37-32(43)25-6-4-3-5-7-25)33(44)36-28(19-31(41)42)24-8-11-27(35)12-9-24/h3-13,18,22-23,28H,14-17,19-21H2,1-2H3,(H,36,44)(H,37,43)(H,41,42). The molecule has 3 N–H and O–H groups in total. The van der Waals surface area contributed by atoms with E-state index >= 15 is 0 Å². The zero-order valence-corrected chi connectivity index (χ0v) is 25.8. The Morgan fingerprint density at radius 3 is 2.26 bits per heavy atom. The molecule has 4 amide bonds. The van der Waals surface area contributed by atoms with Crippen LogP contribution in [0.4, 0.5) is 20.6 Å². The molecule has 46 heavy (non-hydrogen) atoms. The lowest BCUT2D eigenvalue weighted by Crippen LogP contribution is -2.61. The molecule has 11 nitrogen and oxygen atoms in total. The molecule has 0 aliphatic carbocycles. The summed E-state index contributed by atoms with van der Waals surface area (Å²) in [6, 6.07) is 17.7. The van der Waals surface area contributed by atoms with Crippen molar-refractivity contribution in [2.75, 3.05) is 49.6 Å². The minimum absolute atomic E-state index is 0.0241. The maximum atomic E-state index is 13.5. The summed E-state index contributed by atoms with van der Waals surface area (Å²) in [7, 11) is 0. The second-order valence-electron chi connectivity index (χ2n) is 11.6. The van der Waals surface area contributed by atoms with Gasteiger partial charge < -0.3 is 35.2 Å². The molecule has 242 valence electrons. The Morgan fingerprint density at radius 1 is 0.891 bits per heavy atom. The van der Waals surface area contributed by atoms with E-state index in [1.807, 2.05) is 29.7 Å². The van der Waals surface area contributed by atoms with Crippen LogP contribution in [0.15, 0.2) is 72.8 Å². The van der Waals surface area contributed by atoms with E-state index in [-0.39, 0.29) is 29.6 Å². The van der Waals surface area contributed by atoms with Gasteiger partial charge in [-0.05, 0) is 61.9 Å². The predicted molar refractivity (Wildman–Crippen MR) is 170 cm³/mol. The van der Waals surface area contributed by atoms with E-state index in [9.17, 15) is 28.7 Å². The van der Waals surface area contributed by atoms with Crippen LogP contribution in [0.25, 0.3) is 0 Å². The molecule has 2 saturated heterocycles. The Hall–Kier alpha value is -4.97. The van der Waals surface area contributed by atoms with E-state index in [1.165, 1.54) is 24.3 Å². The topological polar surface area (TPSA) is 132 Å². The van der Waals surface area contributed by atoms with Gasteiger partial charge in [-0.25, -0.2) is 9.18 Å². The molecule has 0 spiro atoms. The van der Waals surface area contributed by atoms with Crippen LogP contribution in [-0.4, -0.2) is 90.2 Å². The number of morpholine rings is 1. The first-order chi connectivity index (χ1) is 22.1. The van der Waals surface area contributed by atoms with Crippen LogP contribution >= 0.6 is 0 Å². The van der Waals surface area contributed by atoms with Crippen molar-refractivity contribution in [2.24, 2.45) is 0 Å². The van der Waals surface area contributed by atoms with E-state index in [4.69, 9.17) is 4.74 Å². The van der Waals surface area contributed by atoms with Crippen molar-refractivity contribution in [1.82, 2.24) is 15.1 Å². The molecule has 5 rings (SSSR count). The average molecular weight is 632 g/mol. The normalized spacial score (nSPS) is 18.9. The molecule has 3 atom stereocenters. The number of aliphatic carboxylic acids is 1. The number of carboxylic acids is 1. The molecule has 2 aliphatic rings. The lowest BCUT2D eigenvalue weighted by atomic mass is 10.0. The molecule has 3 unspecified atom stereocenters. The van der Waals surface area contributed by atoms with Crippen molar-refractivity contribution in [3.05, 3.63) is 95.3 Å². The largest absolute Gasteiger partial charge is 0.481 e. The number of rotatable bonds is 8. The van der Waals surface area contributed by atoms with E-state index in [0.717, 1.165) is 0 Å². The van der Waals surface area contributed by atoms with Crippen molar-refractivity contribution in [1.29, 1.82) is 0 Å². The van der Waals surface area contributed by atoms with Gasteiger partial charge in [0.1, 0.15) is 5.82 Å². The smallest absolute Gasteiger partial charge is 0.320 e. The number of ether oxygens (including phenoxy) is 1. The molecule has 0 aromatic heterocycles. The van der Waals surface area contributed by atoms with Gasteiger partial charge in [0.25, 0.3) is 11.8 Å². The Labute approximate surface area is 266 Å². The van der Waals surface area contributed by atoms with Gasteiger partial charge in [-0.3, -0.25) is 14.4 Å². The number of hydrogen-bond donors (Lipinski definition) is 3. The summed E-state index contributed by atoms with van der Waals surface area (Å²) >= 11 is 0. The van der Waals surface area contributed by atoms with Crippen LogP contribution in [0.2, 0.25) is 0 Å². The fraction of sp³-hybridized carbons (Fsp3) is 0.353. The van der Waals surface area contributed by atoms with Crippen molar-refractivity contribution < 1.29 is 33.4 Å². The molecule has 3 aromatic rings. The Kier molecular flexibility index (Phi) is 10.2. The minimum atomic E-state index is -1.13. The number of amides is 4. The maximum Gasteiger partial charge on any atom is 0.320 e. The molecule has 0 radical (unpaired) electrons. The first-order valence-electron chi connectivity index (χ1n) is 15.3.